The number of rotatable bonds is 3. The fourth-order valence-electron chi connectivity index (χ4n) is 1.58. The Bertz CT molecular complexity index is 540. The number of halogens is 2. The molecule has 0 spiro atoms. The summed E-state index contributed by atoms with van der Waals surface area (Å²) in [5, 5.41) is 0. The summed E-state index contributed by atoms with van der Waals surface area (Å²) in [5.74, 6) is -0.215. The molecule has 2 N–H and O–H groups in total. The lowest BCUT2D eigenvalue weighted by atomic mass is 10.1. The van der Waals surface area contributed by atoms with Gasteiger partial charge in [-0.2, -0.15) is 0 Å². The van der Waals surface area contributed by atoms with Gasteiger partial charge in [0.15, 0.2) is 0 Å². The number of hydrogen-bond acceptors (Lipinski definition) is 2. The monoisotopic (exact) mass is 325 g/mol. The largest absolute Gasteiger partial charge is 0.324 e. The van der Waals surface area contributed by atoms with Gasteiger partial charge in [-0.25, -0.2) is 4.39 Å². The topological polar surface area (TPSA) is 26.0 Å². The van der Waals surface area contributed by atoms with E-state index in [4.69, 9.17) is 5.73 Å². The van der Waals surface area contributed by atoms with Crippen LogP contribution >= 0.6 is 27.7 Å². The minimum absolute atomic E-state index is 0.00393. The van der Waals surface area contributed by atoms with Gasteiger partial charge < -0.3 is 5.73 Å². The summed E-state index contributed by atoms with van der Waals surface area (Å²) >= 11 is 5.11. The maximum absolute atomic E-state index is 12.8. The highest BCUT2D eigenvalue weighted by molar-refractivity contribution is 9.10. The molecule has 2 rings (SSSR count). The molecule has 1 nitrogen and oxygen atoms in total. The first-order valence-electron chi connectivity index (χ1n) is 5.54. The molecule has 0 radical (unpaired) electrons. The van der Waals surface area contributed by atoms with Crippen molar-refractivity contribution in [2.45, 2.75) is 22.8 Å². The summed E-state index contributed by atoms with van der Waals surface area (Å²) in [6, 6.07) is 12.6. The molecule has 0 aromatic heterocycles. The number of benzene rings is 2. The third kappa shape index (κ3) is 3.34. The van der Waals surface area contributed by atoms with Gasteiger partial charge in [0.25, 0.3) is 0 Å². The molecule has 0 saturated carbocycles. The van der Waals surface area contributed by atoms with E-state index in [0.29, 0.717) is 0 Å². The molecule has 18 heavy (non-hydrogen) atoms. The second-order valence-electron chi connectivity index (χ2n) is 4.03. The Labute approximate surface area is 119 Å². The van der Waals surface area contributed by atoms with Crippen molar-refractivity contribution in [3.63, 3.8) is 0 Å². The maximum atomic E-state index is 12.8. The molecule has 0 aliphatic rings. The van der Waals surface area contributed by atoms with Gasteiger partial charge in [-0.15, -0.1) is 0 Å². The lowest BCUT2D eigenvalue weighted by Crippen LogP contribution is -2.05. The van der Waals surface area contributed by atoms with Crippen LogP contribution in [0.5, 0.6) is 0 Å². The summed E-state index contributed by atoms with van der Waals surface area (Å²) in [4.78, 5) is 2.11. The van der Waals surface area contributed by atoms with E-state index >= 15 is 0 Å². The summed E-state index contributed by atoms with van der Waals surface area (Å²) in [5.41, 5.74) is 6.94. The van der Waals surface area contributed by atoms with Crippen LogP contribution in [0, 0.1) is 5.82 Å². The van der Waals surface area contributed by atoms with Gasteiger partial charge in [-0.3, -0.25) is 0 Å². The van der Waals surface area contributed by atoms with Crippen molar-refractivity contribution in [1.82, 2.24) is 0 Å². The second-order valence-corrected chi connectivity index (χ2v) is 6.03. The first-order valence-corrected chi connectivity index (χ1v) is 7.15. The average Bonchev–Trinajstić information content (AvgIpc) is 2.32. The van der Waals surface area contributed by atoms with Gasteiger partial charge in [0, 0.05) is 20.3 Å². The molecule has 0 heterocycles. The normalized spacial score (nSPS) is 12.4. The Morgan fingerprint density at radius 2 is 1.72 bits per heavy atom. The van der Waals surface area contributed by atoms with Crippen LogP contribution in [-0.4, -0.2) is 0 Å². The Hall–Kier alpha value is -0.840. The van der Waals surface area contributed by atoms with Crippen molar-refractivity contribution in [1.29, 1.82) is 0 Å². The summed E-state index contributed by atoms with van der Waals surface area (Å²) in [7, 11) is 0. The third-order valence-electron chi connectivity index (χ3n) is 2.51. The van der Waals surface area contributed by atoms with Gasteiger partial charge in [0.1, 0.15) is 5.82 Å². The zero-order valence-corrected chi connectivity index (χ0v) is 12.3. The van der Waals surface area contributed by atoms with E-state index < -0.39 is 0 Å². The fraction of sp³-hybridized carbons (Fsp3) is 0.143. The minimum Gasteiger partial charge on any atom is -0.324 e. The quantitative estimate of drug-likeness (QED) is 0.880. The van der Waals surface area contributed by atoms with Crippen LogP contribution in [0.2, 0.25) is 0 Å². The molecule has 1 unspecified atom stereocenters. The average molecular weight is 326 g/mol. The SMILES string of the molecule is CC(N)c1ccc(Sc2ccc(F)cc2)cc1Br. The molecular weight excluding hydrogens is 313 g/mol. The van der Waals surface area contributed by atoms with Crippen molar-refractivity contribution in [3.8, 4) is 0 Å². The van der Waals surface area contributed by atoms with Crippen LogP contribution in [-0.2, 0) is 0 Å². The van der Waals surface area contributed by atoms with E-state index in [1.165, 1.54) is 12.1 Å². The molecule has 94 valence electrons. The standard InChI is InChI=1S/C14H13BrFNS/c1-9(17)13-7-6-12(8-14(13)15)18-11-4-2-10(16)3-5-11/h2-9H,17H2,1H3. The molecule has 0 saturated heterocycles. The minimum atomic E-state index is -0.215. The Kier molecular flexibility index (Phi) is 4.43. The van der Waals surface area contributed by atoms with Gasteiger partial charge in [0.05, 0.1) is 0 Å². The molecule has 4 heteroatoms. The highest BCUT2D eigenvalue weighted by Gasteiger charge is 2.06. The molecule has 1 atom stereocenters. The number of nitrogens with two attached hydrogens (primary N) is 1. The van der Waals surface area contributed by atoms with Crippen molar-refractivity contribution in [2.24, 2.45) is 5.73 Å². The Morgan fingerprint density at radius 1 is 1.11 bits per heavy atom. The van der Waals surface area contributed by atoms with Crippen LogP contribution in [0.15, 0.2) is 56.7 Å². The molecule has 0 aliphatic carbocycles. The van der Waals surface area contributed by atoms with E-state index in [1.807, 2.05) is 25.1 Å². The second kappa shape index (κ2) is 5.87. The molecule has 0 aliphatic heterocycles. The van der Waals surface area contributed by atoms with E-state index in [9.17, 15) is 4.39 Å². The highest BCUT2D eigenvalue weighted by atomic mass is 79.9. The lowest BCUT2D eigenvalue weighted by molar-refractivity contribution is 0.626. The van der Waals surface area contributed by atoms with E-state index in [2.05, 4.69) is 15.9 Å². The van der Waals surface area contributed by atoms with Gasteiger partial charge in [-0.05, 0) is 48.9 Å². The van der Waals surface area contributed by atoms with Crippen LogP contribution in [0.4, 0.5) is 4.39 Å². The highest BCUT2D eigenvalue weighted by Crippen LogP contribution is 2.32. The van der Waals surface area contributed by atoms with Crippen molar-refractivity contribution in [2.75, 3.05) is 0 Å². The van der Waals surface area contributed by atoms with Crippen molar-refractivity contribution >= 4 is 27.7 Å². The first kappa shape index (κ1) is 13.6. The fourth-order valence-corrected chi connectivity index (χ4v) is 3.33. The zero-order chi connectivity index (χ0) is 13.1. The summed E-state index contributed by atoms with van der Waals surface area (Å²) < 4.78 is 13.8. The maximum Gasteiger partial charge on any atom is 0.123 e. The van der Waals surface area contributed by atoms with E-state index in [-0.39, 0.29) is 11.9 Å². The van der Waals surface area contributed by atoms with E-state index in [1.54, 1.807) is 23.9 Å². The van der Waals surface area contributed by atoms with Crippen molar-refractivity contribution in [3.05, 3.63) is 58.3 Å². The smallest absolute Gasteiger partial charge is 0.123 e. The van der Waals surface area contributed by atoms with Crippen LogP contribution < -0.4 is 5.73 Å². The van der Waals surface area contributed by atoms with Gasteiger partial charge >= 0.3 is 0 Å². The predicted octanol–water partition coefficient (Wildman–Crippen LogP) is 4.76. The number of hydrogen-bond donors (Lipinski definition) is 1. The summed E-state index contributed by atoms with van der Waals surface area (Å²) in [6.45, 7) is 1.95. The third-order valence-corrected chi connectivity index (χ3v) is 4.20. The van der Waals surface area contributed by atoms with Crippen LogP contribution in [0.25, 0.3) is 0 Å². The van der Waals surface area contributed by atoms with Gasteiger partial charge in [0.2, 0.25) is 0 Å². The lowest BCUT2D eigenvalue weighted by Gasteiger charge is -2.10. The molecule has 0 amide bonds. The molecule has 0 fully saturated rings. The zero-order valence-electron chi connectivity index (χ0n) is 9.86. The summed E-state index contributed by atoms with van der Waals surface area (Å²) in [6.07, 6.45) is 0. The Morgan fingerprint density at radius 3 is 2.28 bits per heavy atom. The molecular formula is C14H13BrFNS. The first-order chi connectivity index (χ1) is 8.56. The van der Waals surface area contributed by atoms with Crippen molar-refractivity contribution < 1.29 is 4.39 Å². The molecule has 2 aromatic rings. The van der Waals surface area contributed by atoms with E-state index in [0.717, 1.165) is 19.8 Å². The van der Waals surface area contributed by atoms with Crippen LogP contribution in [0.3, 0.4) is 0 Å². The Balaban J connectivity index is 2.20. The molecule has 0 bridgehead atoms. The van der Waals surface area contributed by atoms with Crippen LogP contribution in [0.1, 0.15) is 18.5 Å². The van der Waals surface area contributed by atoms with Gasteiger partial charge in [-0.1, -0.05) is 33.8 Å². The predicted molar refractivity (Wildman–Crippen MR) is 77.3 cm³/mol. The molecule has 2 aromatic carbocycles.